The Balaban J connectivity index is 2.35. The third-order valence-corrected chi connectivity index (χ3v) is 3.50. The topological polar surface area (TPSA) is 83.1 Å². The number of nitrogens with zero attached hydrogens (tertiary/aromatic N) is 1. The van der Waals surface area contributed by atoms with E-state index in [4.69, 9.17) is 5.11 Å². The number of H-pyrrole nitrogens is 1. The van der Waals surface area contributed by atoms with Gasteiger partial charge in [0.25, 0.3) is 0 Å². The van der Waals surface area contributed by atoms with Gasteiger partial charge in [0, 0.05) is 6.26 Å². The van der Waals surface area contributed by atoms with Crippen LogP contribution in [0.3, 0.4) is 0 Å². The number of hydrogen-bond donors (Lipinski definition) is 2. The molecule has 0 aliphatic heterocycles. The molecular formula is C11H12N2O3S. The summed E-state index contributed by atoms with van der Waals surface area (Å²) in [7, 11) is -3.17. The Kier molecular flexibility index (Phi) is 2.99. The first-order valence-corrected chi connectivity index (χ1v) is 6.85. The van der Waals surface area contributed by atoms with Crippen molar-refractivity contribution in [2.24, 2.45) is 0 Å². The highest BCUT2D eigenvalue weighted by molar-refractivity contribution is 7.90. The summed E-state index contributed by atoms with van der Waals surface area (Å²) >= 11 is 0. The van der Waals surface area contributed by atoms with Gasteiger partial charge in [-0.3, -0.25) is 0 Å². The first-order chi connectivity index (χ1) is 8.00. The summed E-state index contributed by atoms with van der Waals surface area (Å²) in [6, 6.07) is 6.49. The van der Waals surface area contributed by atoms with Crippen LogP contribution in [0.15, 0.2) is 35.4 Å². The summed E-state index contributed by atoms with van der Waals surface area (Å²) in [5, 5.41) is 8.88. The fourth-order valence-electron chi connectivity index (χ4n) is 1.47. The van der Waals surface area contributed by atoms with E-state index in [0.717, 1.165) is 11.3 Å². The van der Waals surface area contributed by atoms with Gasteiger partial charge in [0.1, 0.15) is 12.4 Å². The Hall–Kier alpha value is -1.66. The summed E-state index contributed by atoms with van der Waals surface area (Å²) in [5.74, 6) is 0.479. The maximum atomic E-state index is 11.3. The smallest absolute Gasteiger partial charge is 0.175 e. The van der Waals surface area contributed by atoms with E-state index in [0.29, 0.717) is 5.82 Å². The first kappa shape index (κ1) is 11.8. The van der Waals surface area contributed by atoms with Crippen LogP contribution in [0.25, 0.3) is 11.3 Å². The molecule has 0 aliphatic carbocycles. The summed E-state index contributed by atoms with van der Waals surface area (Å²) < 4.78 is 22.6. The average molecular weight is 252 g/mol. The van der Waals surface area contributed by atoms with Crippen molar-refractivity contribution < 1.29 is 13.5 Å². The van der Waals surface area contributed by atoms with Gasteiger partial charge in [-0.25, -0.2) is 13.4 Å². The zero-order valence-electron chi connectivity index (χ0n) is 9.21. The van der Waals surface area contributed by atoms with Crippen LogP contribution in [0.5, 0.6) is 0 Å². The monoisotopic (exact) mass is 252 g/mol. The SMILES string of the molecule is CS(=O)(=O)c1ccc(-c2cnc(CO)[nH]2)cc1. The van der Waals surface area contributed by atoms with Crippen LogP contribution in [0, 0.1) is 0 Å². The van der Waals surface area contributed by atoms with Gasteiger partial charge in [-0.05, 0) is 17.7 Å². The molecule has 0 atom stereocenters. The first-order valence-electron chi connectivity index (χ1n) is 4.96. The molecule has 1 aromatic carbocycles. The maximum Gasteiger partial charge on any atom is 0.175 e. The third kappa shape index (κ3) is 2.54. The zero-order chi connectivity index (χ0) is 12.5. The summed E-state index contributed by atoms with van der Waals surface area (Å²) in [5.41, 5.74) is 1.57. The van der Waals surface area contributed by atoms with Crippen molar-refractivity contribution in [3.8, 4) is 11.3 Å². The number of hydrogen-bond acceptors (Lipinski definition) is 4. The summed E-state index contributed by atoms with van der Waals surface area (Å²) in [6.07, 6.45) is 2.77. The molecule has 0 fully saturated rings. The molecular weight excluding hydrogens is 240 g/mol. The van der Waals surface area contributed by atoms with Gasteiger partial charge in [0.05, 0.1) is 16.8 Å². The van der Waals surface area contributed by atoms with Gasteiger partial charge < -0.3 is 10.1 Å². The van der Waals surface area contributed by atoms with Crippen LogP contribution in [-0.4, -0.2) is 29.7 Å². The van der Waals surface area contributed by atoms with Gasteiger partial charge in [0.2, 0.25) is 0 Å². The van der Waals surface area contributed by atoms with E-state index in [2.05, 4.69) is 9.97 Å². The molecule has 0 amide bonds. The Morgan fingerprint density at radius 3 is 2.41 bits per heavy atom. The molecule has 0 bridgehead atoms. The lowest BCUT2D eigenvalue weighted by molar-refractivity contribution is 0.272. The second-order valence-corrected chi connectivity index (χ2v) is 5.71. The van der Waals surface area contributed by atoms with Crippen molar-refractivity contribution >= 4 is 9.84 Å². The molecule has 1 heterocycles. The molecule has 0 unspecified atom stereocenters. The van der Waals surface area contributed by atoms with Gasteiger partial charge >= 0.3 is 0 Å². The van der Waals surface area contributed by atoms with E-state index in [1.807, 2.05) is 0 Å². The molecule has 6 heteroatoms. The zero-order valence-corrected chi connectivity index (χ0v) is 10.0. The molecule has 90 valence electrons. The highest BCUT2D eigenvalue weighted by Gasteiger charge is 2.07. The fraction of sp³-hybridized carbons (Fsp3) is 0.182. The number of aliphatic hydroxyl groups is 1. The van der Waals surface area contributed by atoms with Crippen molar-refractivity contribution in [3.63, 3.8) is 0 Å². The highest BCUT2D eigenvalue weighted by Crippen LogP contribution is 2.19. The molecule has 2 rings (SSSR count). The number of imidazole rings is 1. The molecule has 0 aliphatic rings. The van der Waals surface area contributed by atoms with Crippen LogP contribution in [0.4, 0.5) is 0 Å². The van der Waals surface area contributed by atoms with Crippen LogP contribution in [0.1, 0.15) is 5.82 Å². The quantitative estimate of drug-likeness (QED) is 0.852. The van der Waals surface area contributed by atoms with Crippen molar-refractivity contribution in [1.82, 2.24) is 9.97 Å². The Morgan fingerprint density at radius 1 is 1.29 bits per heavy atom. The fourth-order valence-corrected chi connectivity index (χ4v) is 2.10. The van der Waals surface area contributed by atoms with Crippen LogP contribution in [-0.2, 0) is 16.4 Å². The molecule has 0 radical (unpaired) electrons. The number of aromatic amines is 1. The van der Waals surface area contributed by atoms with Gasteiger partial charge in [-0.15, -0.1) is 0 Å². The largest absolute Gasteiger partial charge is 0.388 e. The predicted octanol–water partition coefficient (Wildman–Crippen LogP) is 0.973. The minimum absolute atomic E-state index is 0.151. The van der Waals surface area contributed by atoms with Crippen LogP contribution >= 0.6 is 0 Å². The Morgan fingerprint density at radius 2 is 1.94 bits per heavy atom. The minimum atomic E-state index is -3.17. The van der Waals surface area contributed by atoms with E-state index in [1.165, 1.54) is 6.26 Å². The highest BCUT2D eigenvalue weighted by atomic mass is 32.2. The molecule has 0 saturated heterocycles. The number of nitrogens with one attached hydrogen (secondary N) is 1. The van der Waals surface area contributed by atoms with E-state index in [-0.39, 0.29) is 11.5 Å². The second kappa shape index (κ2) is 4.31. The van der Waals surface area contributed by atoms with E-state index in [1.54, 1.807) is 30.5 Å². The maximum absolute atomic E-state index is 11.3. The van der Waals surface area contributed by atoms with Crippen molar-refractivity contribution in [3.05, 3.63) is 36.3 Å². The number of aliphatic hydroxyl groups excluding tert-OH is 1. The normalized spacial score (nSPS) is 11.6. The lowest BCUT2D eigenvalue weighted by atomic mass is 10.2. The van der Waals surface area contributed by atoms with Gasteiger partial charge in [-0.1, -0.05) is 12.1 Å². The molecule has 2 aromatic rings. The van der Waals surface area contributed by atoms with E-state index in [9.17, 15) is 8.42 Å². The molecule has 5 nitrogen and oxygen atoms in total. The number of benzene rings is 1. The number of rotatable bonds is 3. The lowest BCUT2D eigenvalue weighted by Gasteiger charge is -2.00. The predicted molar refractivity (Wildman–Crippen MR) is 63.1 cm³/mol. The number of sulfone groups is 1. The van der Waals surface area contributed by atoms with Crippen molar-refractivity contribution in [2.75, 3.05) is 6.26 Å². The third-order valence-electron chi connectivity index (χ3n) is 2.37. The van der Waals surface area contributed by atoms with Crippen LogP contribution < -0.4 is 0 Å². The molecule has 0 saturated carbocycles. The Labute approximate surface area is 99.1 Å². The van der Waals surface area contributed by atoms with Crippen LogP contribution in [0.2, 0.25) is 0 Å². The molecule has 2 N–H and O–H groups in total. The molecule has 0 spiro atoms. The van der Waals surface area contributed by atoms with E-state index < -0.39 is 9.84 Å². The second-order valence-electron chi connectivity index (χ2n) is 3.70. The lowest BCUT2D eigenvalue weighted by Crippen LogP contribution is -1.96. The van der Waals surface area contributed by atoms with Gasteiger partial charge in [-0.2, -0.15) is 0 Å². The molecule has 17 heavy (non-hydrogen) atoms. The number of aromatic nitrogens is 2. The Bertz CT molecular complexity index is 614. The van der Waals surface area contributed by atoms with Gasteiger partial charge in [0.15, 0.2) is 9.84 Å². The van der Waals surface area contributed by atoms with Crippen molar-refractivity contribution in [2.45, 2.75) is 11.5 Å². The summed E-state index contributed by atoms with van der Waals surface area (Å²) in [6.45, 7) is -0.151. The average Bonchev–Trinajstić information content (AvgIpc) is 2.76. The summed E-state index contributed by atoms with van der Waals surface area (Å²) in [4.78, 5) is 7.17. The standard InChI is InChI=1S/C11H12N2O3S/c1-17(15,16)9-4-2-8(3-5-9)10-6-12-11(7-14)13-10/h2-6,14H,7H2,1H3,(H,12,13). The minimum Gasteiger partial charge on any atom is -0.388 e. The van der Waals surface area contributed by atoms with E-state index >= 15 is 0 Å². The van der Waals surface area contributed by atoms with Crippen molar-refractivity contribution in [1.29, 1.82) is 0 Å². The molecule has 1 aromatic heterocycles.